The Labute approximate surface area is 126 Å². The summed E-state index contributed by atoms with van der Waals surface area (Å²) in [5, 5.41) is 11.6. The van der Waals surface area contributed by atoms with Gasteiger partial charge in [0.2, 0.25) is 0 Å². The molecule has 1 aromatic rings. The number of benzene rings is 1. The molecule has 0 saturated carbocycles. The van der Waals surface area contributed by atoms with Crippen molar-refractivity contribution >= 4 is 12.2 Å². The lowest BCUT2D eigenvalue weighted by atomic mass is 10.0. The molecule has 4 heteroatoms. The number of aryl methyl sites for hydroxylation is 1. The van der Waals surface area contributed by atoms with Crippen LogP contribution in [0.2, 0.25) is 0 Å². The molecule has 116 valence electrons. The largest absolute Gasteiger partial charge is 0.444 e. The quantitative estimate of drug-likeness (QED) is 0.846. The number of nitrogens with one attached hydrogen (secondary N) is 1. The summed E-state index contributed by atoms with van der Waals surface area (Å²) in [6.45, 7) is 6.11. The highest BCUT2D eigenvalue weighted by atomic mass is 16.6. The second-order valence-corrected chi connectivity index (χ2v) is 5.81. The molecule has 0 bridgehead atoms. The van der Waals surface area contributed by atoms with Crippen molar-refractivity contribution in [2.75, 3.05) is 13.2 Å². The van der Waals surface area contributed by atoms with Crippen LogP contribution in [0.1, 0.15) is 38.3 Å². The van der Waals surface area contributed by atoms with Gasteiger partial charge in [-0.2, -0.15) is 0 Å². The van der Waals surface area contributed by atoms with Gasteiger partial charge in [-0.05, 0) is 44.7 Å². The minimum absolute atomic E-state index is 0.193. The average Bonchev–Trinajstić information content (AvgIpc) is 2.40. The van der Waals surface area contributed by atoms with Gasteiger partial charge in [0.25, 0.3) is 0 Å². The first kappa shape index (κ1) is 17.2. The van der Waals surface area contributed by atoms with Gasteiger partial charge in [0.05, 0.1) is 0 Å². The Bertz CT molecular complexity index is 475. The van der Waals surface area contributed by atoms with E-state index in [1.807, 2.05) is 51.1 Å². The van der Waals surface area contributed by atoms with E-state index in [1.165, 1.54) is 5.56 Å². The van der Waals surface area contributed by atoms with Gasteiger partial charge in [-0.25, -0.2) is 4.79 Å². The number of alkyl carbamates (subject to hydrolysis) is 1. The van der Waals surface area contributed by atoms with E-state index in [2.05, 4.69) is 11.4 Å². The standard InChI is InChI=1S/C17H25NO3/c1-17(2,3)21-16(20)18-12-6-10-14-8-4-5-9-15(14)11-7-13-19/h4-6,8-10,19H,7,11-13H2,1-3H3,(H,18,20). The van der Waals surface area contributed by atoms with Crippen molar-refractivity contribution in [3.05, 3.63) is 41.5 Å². The lowest BCUT2D eigenvalue weighted by Gasteiger charge is -2.19. The van der Waals surface area contributed by atoms with Crippen molar-refractivity contribution in [2.45, 2.75) is 39.2 Å². The Morgan fingerprint density at radius 1 is 1.33 bits per heavy atom. The zero-order chi connectivity index (χ0) is 15.7. The highest BCUT2D eigenvalue weighted by molar-refractivity contribution is 5.68. The van der Waals surface area contributed by atoms with Crippen LogP contribution in [-0.4, -0.2) is 30.0 Å². The summed E-state index contributed by atoms with van der Waals surface area (Å²) in [5.41, 5.74) is 1.82. The Hall–Kier alpha value is -1.81. The summed E-state index contributed by atoms with van der Waals surface area (Å²) >= 11 is 0. The van der Waals surface area contributed by atoms with Crippen LogP contribution in [0.5, 0.6) is 0 Å². The van der Waals surface area contributed by atoms with E-state index in [0.29, 0.717) is 6.54 Å². The van der Waals surface area contributed by atoms with Crippen molar-refractivity contribution in [3.8, 4) is 0 Å². The highest BCUT2D eigenvalue weighted by Crippen LogP contribution is 2.12. The van der Waals surface area contributed by atoms with Crippen LogP contribution in [0.25, 0.3) is 6.08 Å². The number of ether oxygens (including phenoxy) is 1. The molecule has 0 fully saturated rings. The summed E-state index contributed by atoms with van der Waals surface area (Å²) in [5.74, 6) is 0. The normalized spacial score (nSPS) is 11.6. The molecular weight excluding hydrogens is 266 g/mol. The van der Waals surface area contributed by atoms with E-state index < -0.39 is 11.7 Å². The van der Waals surface area contributed by atoms with Gasteiger partial charge in [-0.1, -0.05) is 36.4 Å². The van der Waals surface area contributed by atoms with Crippen molar-refractivity contribution in [1.29, 1.82) is 0 Å². The van der Waals surface area contributed by atoms with Gasteiger partial charge in [0.15, 0.2) is 0 Å². The minimum atomic E-state index is -0.481. The zero-order valence-electron chi connectivity index (χ0n) is 13.1. The number of amides is 1. The van der Waals surface area contributed by atoms with Gasteiger partial charge in [-0.15, -0.1) is 0 Å². The van der Waals surface area contributed by atoms with Crippen LogP contribution in [0, 0.1) is 0 Å². The number of carbonyl (C=O) groups is 1. The summed E-state index contributed by atoms with van der Waals surface area (Å²) in [6.07, 6.45) is 5.05. The molecule has 21 heavy (non-hydrogen) atoms. The van der Waals surface area contributed by atoms with Gasteiger partial charge in [0, 0.05) is 13.2 Å². The molecule has 0 aromatic heterocycles. The molecule has 1 amide bonds. The minimum Gasteiger partial charge on any atom is -0.444 e. The molecule has 0 aliphatic rings. The molecule has 2 N–H and O–H groups in total. The fourth-order valence-corrected chi connectivity index (χ4v) is 1.84. The summed E-state index contributed by atoms with van der Waals surface area (Å²) in [7, 11) is 0. The molecule has 0 heterocycles. The summed E-state index contributed by atoms with van der Waals surface area (Å²) in [4.78, 5) is 11.5. The maximum Gasteiger partial charge on any atom is 0.407 e. The third-order valence-corrected chi connectivity index (χ3v) is 2.72. The van der Waals surface area contributed by atoms with Crippen LogP contribution >= 0.6 is 0 Å². The van der Waals surface area contributed by atoms with Gasteiger partial charge in [0.1, 0.15) is 5.60 Å². The maximum absolute atomic E-state index is 11.5. The van der Waals surface area contributed by atoms with Gasteiger partial charge in [-0.3, -0.25) is 0 Å². The number of aliphatic hydroxyl groups is 1. The van der Waals surface area contributed by atoms with Crippen LogP contribution < -0.4 is 5.32 Å². The number of hydrogen-bond acceptors (Lipinski definition) is 3. The summed E-state index contributed by atoms with van der Waals surface area (Å²) in [6, 6.07) is 8.04. The average molecular weight is 291 g/mol. The van der Waals surface area contributed by atoms with E-state index in [-0.39, 0.29) is 6.61 Å². The van der Waals surface area contributed by atoms with Gasteiger partial charge >= 0.3 is 6.09 Å². The first-order valence-corrected chi connectivity index (χ1v) is 7.24. The molecular formula is C17H25NO3. The molecule has 4 nitrogen and oxygen atoms in total. The Kier molecular flexibility index (Phi) is 6.96. The predicted molar refractivity (Wildman–Crippen MR) is 85.1 cm³/mol. The molecule has 0 unspecified atom stereocenters. The molecule has 0 spiro atoms. The van der Waals surface area contributed by atoms with E-state index in [4.69, 9.17) is 9.84 Å². The van der Waals surface area contributed by atoms with Crippen LogP contribution in [0.3, 0.4) is 0 Å². The molecule has 1 rings (SSSR count). The molecule has 0 radical (unpaired) electrons. The third-order valence-electron chi connectivity index (χ3n) is 2.72. The van der Waals surface area contributed by atoms with E-state index in [0.717, 1.165) is 18.4 Å². The first-order valence-electron chi connectivity index (χ1n) is 7.24. The number of hydrogen-bond donors (Lipinski definition) is 2. The fraction of sp³-hybridized carbons (Fsp3) is 0.471. The van der Waals surface area contributed by atoms with Crippen molar-refractivity contribution in [1.82, 2.24) is 5.32 Å². The highest BCUT2D eigenvalue weighted by Gasteiger charge is 2.14. The Morgan fingerprint density at radius 3 is 2.71 bits per heavy atom. The number of rotatable bonds is 6. The predicted octanol–water partition coefficient (Wildman–Crippen LogP) is 3.15. The van der Waals surface area contributed by atoms with Crippen molar-refractivity contribution in [3.63, 3.8) is 0 Å². The summed E-state index contributed by atoms with van der Waals surface area (Å²) < 4.78 is 5.16. The lowest BCUT2D eigenvalue weighted by molar-refractivity contribution is 0.0534. The van der Waals surface area contributed by atoms with Crippen LogP contribution in [-0.2, 0) is 11.2 Å². The second-order valence-electron chi connectivity index (χ2n) is 5.81. The van der Waals surface area contributed by atoms with E-state index in [1.54, 1.807) is 0 Å². The van der Waals surface area contributed by atoms with Crippen LogP contribution in [0.15, 0.2) is 30.3 Å². The molecule has 0 aliphatic carbocycles. The topological polar surface area (TPSA) is 58.6 Å². The molecule has 0 saturated heterocycles. The monoisotopic (exact) mass is 291 g/mol. The van der Waals surface area contributed by atoms with Crippen molar-refractivity contribution in [2.24, 2.45) is 0 Å². The third kappa shape index (κ3) is 7.51. The lowest BCUT2D eigenvalue weighted by Crippen LogP contribution is -2.32. The van der Waals surface area contributed by atoms with Crippen molar-refractivity contribution < 1.29 is 14.6 Å². The second kappa shape index (κ2) is 8.47. The maximum atomic E-state index is 11.5. The smallest absolute Gasteiger partial charge is 0.407 e. The fourth-order valence-electron chi connectivity index (χ4n) is 1.84. The van der Waals surface area contributed by atoms with E-state index >= 15 is 0 Å². The number of carbonyl (C=O) groups excluding carboxylic acids is 1. The molecule has 0 atom stereocenters. The SMILES string of the molecule is CC(C)(C)OC(=O)NCC=Cc1ccccc1CCCO. The Morgan fingerprint density at radius 2 is 2.05 bits per heavy atom. The van der Waals surface area contributed by atoms with Gasteiger partial charge < -0.3 is 15.2 Å². The zero-order valence-corrected chi connectivity index (χ0v) is 13.1. The molecule has 0 aliphatic heterocycles. The molecule has 1 aromatic carbocycles. The first-order chi connectivity index (χ1) is 9.92. The van der Waals surface area contributed by atoms with Crippen LogP contribution in [0.4, 0.5) is 4.79 Å². The number of aliphatic hydroxyl groups excluding tert-OH is 1. The van der Waals surface area contributed by atoms with E-state index in [9.17, 15) is 4.79 Å². The Balaban J connectivity index is 2.48.